The number of methoxy groups -OCH3 is 1. The van der Waals surface area contributed by atoms with Crippen molar-refractivity contribution in [3.8, 4) is 0 Å². The van der Waals surface area contributed by atoms with Gasteiger partial charge in [-0.3, -0.25) is 9.69 Å². The van der Waals surface area contributed by atoms with E-state index in [4.69, 9.17) is 9.47 Å². The Hall–Kier alpha value is -0.450. The fraction of sp³-hybridized carbons (Fsp3) is 0.909. The Balaban J connectivity index is 2.26. The number of ether oxygens (including phenoxy) is 2. The van der Waals surface area contributed by atoms with Gasteiger partial charge in [-0.05, 0) is 26.3 Å². The first-order valence-electron chi connectivity index (χ1n) is 5.60. The molecule has 15 heavy (non-hydrogen) atoms. The molecule has 4 nitrogen and oxygen atoms in total. The van der Waals surface area contributed by atoms with Gasteiger partial charge in [0.15, 0.2) is 5.78 Å². The molecular formula is C11H21NO3. The number of rotatable bonds is 6. The Bertz CT molecular complexity index is 194. The molecule has 4 heteroatoms. The standard InChI is InChI=1S/C11H21NO3/c1-3-15-11-5-4-6-12(8-11)7-10(13)9-14-2/h11H,3-9H2,1-2H3. The zero-order chi connectivity index (χ0) is 11.1. The van der Waals surface area contributed by atoms with Crippen molar-refractivity contribution in [3.05, 3.63) is 0 Å². The molecule has 1 rings (SSSR count). The molecule has 0 amide bonds. The summed E-state index contributed by atoms with van der Waals surface area (Å²) in [6.45, 7) is 5.36. The summed E-state index contributed by atoms with van der Waals surface area (Å²) >= 11 is 0. The van der Waals surface area contributed by atoms with Crippen LogP contribution < -0.4 is 0 Å². The van der Waals surface area contributed by atoms with Gasteiger partial charge in [-0.2, -0.15) is 0 Å². The Morgan fingerprint density at radius 2 is 2.33 bits per heavy atom. The van der Waals surface area contributed by atoms with Crippen LogP contribution >= 0.6 is 0 Å². The second-order valence-electron chi connectivity index (χ2n) is 3.93. The number of nitrogens with zero attached hydrogens (tertiary/aromatic N) is 1. The van der Waals surface area contributed by atoms with E-state index in [-0.39, 0.29) is 12.4 Å². The summed E-state index contributed by atoms with van der Waals surface area (Å²) < 4.78 is 10.4. The molecule has 88 valence electrons. The summed E-state index contributed by atoms with van der Waals surface area (Å²) in [7, 11) is 1.55. The molecule has 1 atom stereocenters. The normalized spacial score (nSPS) is 22.9. The van der Waals surface area contributed by atoms with Gasteiger partial charge in [0.05, 0.1) is 12.6 Å². The zero-order valence-electron chi connectivity index (χ0n) is 9.70. The second kappa shape index (κ2) is 6.93. The molecule has 0 radical (unpaired) electrons. The summed E-state index contributed by atoms with van der Waals surface area (Å²) in [6.07, 6.45) is 2.53. The predicted octanol–water partition coefficient (Wildman–Crippen LogP) is 0.703. The molecule has 1 unspecified atom stereocenters. The van der Waals surface area contributed by atoms with Gasteiger partial charge < -0.3 is 9.47 Å². The Labute approximate surface area is 91.5 Å². The lowest BCUT2D eigenvalue weighted by atomic mass is 10.1. The minimum atomic E-state index is 0.148. The fourth-order valence-electron chi connectivity index (χ4n) is 1.98. The van der Waals surface area contributed by atoms with Crippen molar-refractivity contribution >= 4 is 5.78 Å². The van der Waals surface area contributed by atoms with Crippen LogP contribution in [0.3, 0.4) is 0 Å². The van der Waals surface area contributed by atoms with Crippen molar-refractivity contribution in [2.24, 2.45) is 0 Å². The van der Waals surface area contributed by atoms with E-state index in [1.165, 1.54) is 0 Å². The summed E-state index contributed by atoms with van der Waals surface area (Å²) in [5, 5.41) is 0. The molecule has 1 fully saturated rings. The number of Topliss-reactive ketones (excluding diaryl/α,β-unsaturated/α-hetero) is 1. The third kappa shape index (κ3) is 4.73. The van der Waals surface area contributed by atoms with Crippen molar-refractivity contribution in [3.63, 3.8) is 0 Å². The van der Waals surface area contributed by atoms with E-state index >= 15 is 0 Å². The summed E-state index contributed by atoms with van der Waals surface area (Å²) in [6, 6.07) is 0. The summed E-state index contributed by atoms with van der Waals surface area (Å²) in [5.74, 6) is 0.148. The van der Waals surface area contributed by atoms with E-state index in [0.717, 1.165) is 32.5 Å². The number of carbonyl (C=O) groups excluding carboxylic acids is 1. The minimum absolute atomic E-state index is 0.148. The van der Waals surface area contributed by atoms with Gasteiger partial charge in [0, 0.05) is 20.3 Å². The number of hydrogen-bond donors (Lipinski definition) is 0. The third-order valence-electron chi connectivity index (χ3n) is 2.57. The molecule has 0 N–H and O–H groups in total. The lowest BCUT2D eigenvalue weighted by Gasteiger charge is -2.31. The van der Waals surface area contributed by atoms with Gasteiger partial charge in [0.1, 0.15) is 6.61 Å². The van der Waals surface area contributed by atoms with Crippen LogP contribution in [0.15, 0.2) is 0 Å². The Morgan fingerprint density at radius 1 is 1.53 bits per heavy atom. The minimum Gasteiger partial charge on any atom is -0.377 e. The molecule has 1 aliphatic heterocycles. The van der Waals surface area contributed by atoms with Crippen LogP contribution in [0.5, 0.6) is 0 Å². The predicted molar refractivity (Wildman–Crippen MR) is 58.0 cm³/mol. The van der Waals surface area contributed by atoms with E-state index in [2.05, 4.69) is 4.90 Å². The highest BCUT2D eigenvalue weighted by molar-refractivity contribution is 5.81. The van der Waals surface area contributed by atoms with Gasteiger partial charge in [-0.1, -0.05) is 0 Å². The van der Waals surface area contributed by atoms with Crippen molar-refractivity contribution in [1.29, 1.82) is 0 Å². The van der Waals surface area contributed by atoms with Crippen molar-refractivity contribution < 1.29 is 14.3 Å². The first-order valence-corrected chi connectivity index (χ1v) is 5.60. The van der Waals surface area contributed by atoms with Crippen LogP contribution in [0.25, 0.3) is 0 Å². The molecule has 0 aromatic carbocycles. The molecule has 1 aliphatic rings. The van der Waals surface area contributed by atoms with E-state index in [0.29, 0.717) is 12.6 Å². The van der Waals surface area contributed by atoms with Gasteiger partial charge in [-0.15, -0.1) is 0 Å². The molecule has 0 aliphatic carbocycles. The SMILES string of the molecule is CCOC1CCCN(CC(=O)COC)C1. The average molecular weight is 215 g/mol. The van der Waals surface area contributed by atoms with Gasteiger partial charge in [0.25, 0.3) is 0 Å². The highest BCUT2D eigenvalue weighted by Crippen LogP contribution is 2.12. The molecular weight excluding hydrogens is 194 g/mol. The average Bonchev–Trinajstić information content (AvgIpc) is 2.19. The van der Waals surface area contributed by atoms with E-state index < -0.39 is 0 Å². The topological polar surface area (TPSA) is 38.8 Å². The molecule has 0 aromatic heterocycles. The van der Waals surface area contributed by atoms with Crippen LogP contribution in [0.2, 0.25) is 0 Å². The highest BCUT2D eigenvalue weighted by Gasteiger charge is 2.21. The van der Waals surface area contributed by atoms with Crippen molar-refractivity contribution in [2.45, 2.75) is 25.9 Å². The molecule has 1 heterocycles. The van der Waals surface area contributed by atoms with Crippen LogP contribution in [0, 0.1) is 0 Å². The highest BCUT2D eigenvalue weighted by atomic mass is 16.5. The molecule has 0 saturated carbocycles. The number of hydrogen-bond acceptors (Lipinski definition) is 4. The third-order valence-corrected chi connectivity index (χ3v) is 2.57. The van der Waals surface area contributed by atoms with Crippen LogP contribution in [-0.4, -0.2) is 56.7 Å². The number of piperidine rings is 1. The van der Waals surface area contributed by atoms with Gasteiger partial charge >= 0.3 is 0 Å². The zero-order valence-corrected chi connectivity index (χ0v) is 9.70. The number of ketones is 1. The first-order chi connectivity index (χ1) is 7.26. The van der Waals surface area contributed by atoms with Crippen LogP contribution in [0.1, 0.15) is 19.8 Å². The van der Waals surface area contributed by atoms with E-state index in [1.807, 2.05) is 6.92 Å². The van der Waals surface area contributed by atoms with Gasteiger partial charge in [-0.25, -0.2) is 0 Å². The largest absolute Gasteiger partial charge is 0.377 e. The monoisotopic (exact) mass is 215 g/mol. The van der Waals surface area contributed by atoms with E-state index in [9.17, 15) is 4.79 Å². The van der Waals surface area contributed by atoms with Crippen LogP contribution in [-0.2, 0) is 14.3 Å². The summed E-state index contributed by atoms with van der Waals surface area (Å²) in [4.78, 5) is 13.5. The van der Waals surface area contributed by atoms with E-state index in [1.54, 1.807) is 7.11 Å². The van der Waals surface area contributed by atoms with Crippen LogP contribution in [0.4, 0.5) is 0 Å². The smallest absolute Gasteiger partial charge is 0.172 e. The molecule has 0 spiro atoms. The quantitative estimate of drug-likeness (QED) is 0.654. The second-order valence-corrected chi connectivity index (χ2v) is 3.93. The Morgan fingerprint density at radius 3 is 3.00 bits per heavy atom. The maximum Gasteiger partial charge on any atom is 0.172 e. The lowest BCUT2D eigenvalue weighted by Crippen LogP contribution is -2.42. The molecule has 0 bridgehead atoms. The lowest BCUT2D eigenvalue weighted by molar-refractivity contribution is -0.124. The molecule has 0 aromatic rings. The molecule has 1 saturated heterocycles. The number of likely N-dealkylation sites (tertiary alicyclic amines) is 1. The van der Waals surface area contributed by atoms with Crippen molar-refractivity contribution in [2.75, 3.05) is 40.0 Å². The number of carbonyl (C=O) groups is 1. The summed E-state index contributed by atoms with van der Waals surface area (Å²) in [5.41, 5.74) is 0. The maximum atomic E-state index is 11.4. The van der Waals surface area contributed by atoms with Gasteiger partial charge in [0.2, 0.25) is 0 Å². The Kier molecular flexibility index (Phi) is 5.83. The van der Waals surface area contributed by atoms with Crippen molar-refractivity contribution in [1.82, 2.24) is 4.90 Å². The fourth-order valence-corrected chi connectivity index (χ4v) is 1.98. The maximum absolute atomic E-state index is 11.4. The first kappa shape index (κ1) is 12.6.